The summed E-state index contributed by atoms with van der Waals surface area (Å²) in [6.07, 6.45) is 17.3. The van der Waals surface area contributed by atoms with Gasteiger partial charge in [-0.05, 0) is 45.8 Å². The first-order valence-electron chi connectivity index (χ1n) is 13.0. The lowest BCUT2D eigenvalue weighted by Gasteiger charge is -2.24. The van der Waals surface area contributed by atoms with E-state index in [1.807, 2.05) is 6.08 Å². The molecule has 5 nitrogen and oxygen atoms in total. The summed E-state index contributed by atoms with van der Waals surface area (Å²) >= 11 is 2.08. The van der Waals surface area contributed by atoms with Gasteiger partial charge in [-0.3, -0.25) is 0 Å². The number of aliphatic hydroxyl groups excluding tert-OH is 2. The molecule has 0 heterocycles. The van der Waals surface area contributed by atoms with Crippen molar-refractivity contribution in [2.24, 2.45) is 0 Å². The molecular formula is C27H53NO4S. The fourth-order valence-corrected chi connectivity index (χ4v) is 4.36. The number of hydrogen-bond acceptors (Lipinski definition) is 5. The molecular weight excluding hydrogens is 434 g/mol. The third-order valence-corrected chi connectivity index (χ3v) is 6.55. The topological polar surface area (TPSA) is 78.8 Å². The van der Waals surface area contributed by atoms with E-state index in [2.05, 4.69) is 37.8 Å². The van der Waals surface area contributed by atoms with Crippen molar-refractivity contribution in [2.75, 3.05) is 12.4 Å². The summed E-state index contributed by atoms with van der Waals surface area (Å²) in [5, 5.41) is 22.1. The third-order valence-electron chi connectivity index (χ3n) is 5.19. The molecule has 196 valence electrons. The number of carbonyl (C=O) groups excluding carboxylic acids is 1. The second-order valence-electron chi connectivity index (χ2n) is 11.0. The van der Waals surface area contributed by atoms with Gasteiger partial charge in [0.25, 0.3) is 0 Å². The maximum atomic E-state index is 11.8. The molecule has 6 heteroatoms. The molecule has 0 radical (unpaired) electrons. The van der Waals surface area contributed by atoms with Crippen molar-refractivity contribution in [3.8, 4) is 0 Å². The minimum atomic E-state index is -0.931. The maximum Gasteiger partial charge on any atom is 0.408 e. The van der Waals surface area contributed by atoms with Crippen LogP contribution in [0.4, 0.5) is 4.79 Å². The molecule has 0 aliphatic rings. The van der Waals surface area contributed by atoms with E-state index in [4.69, 9.17) is 4.74 Å². The lowest BCUT2D eigenvalue weighted by atomic mass is 10.0. The van der Waals surface area contributed by atoms with E-state index < -0.39 is 23.8 Å². The van der Waals surface area contributed by atoms with E-state index >= 15 is 0 Å². The first-order valence-corrected chi connectivity index (χ1v) is 14.0. The predicted molar refractivity (Wildman–Crippen MR) is 143 cm³/mol. The number of ether oxygens (including phenoxy) is 1. The second kappa shape index (κ2) is 18.6. The van der Waals surface area contributed by atoms with Crippen LogP contribution in [0.1, 0.15) is 119 Å². The molecule has 0 saturated carbocycles. The van der Waals surface area contributed by atoms with Crippen LogP contribution in [0.5, 0.6) is 0 Å². The van der Waals surface area contributed by atoms with Gasteiger partial charge in [0.1, 0.15) is 5.60 Å². The number of thioether (sulfide) groups is 1. The minimum Gasteiger partial charge on any atom is -0.444 e. The summed E-state index contributed by atoms with van der Waals surface area (Å²) in [6, 6.07) is -0.765. The van der Waals surface area contributed by atoms with E-state index in [9.17, 15) is 15.0 Å². The van der Waals surface area contributed by atoms with Crippen molar-refractivity contribution in [3.05, 3.63) is 12.2 Å². The molecule has 0 aliphatic carbocycles. The standard InChI is InChI=1S/C27H53NO4S/c1-26(2,3)32-25(31)28-23(22-29)24(30)20-18-16-14-12-10-8-7-9-11-13-15-17-19-21-33-27(4,5)6/h18,20,23-24,29-30H,7-17,19,21-22H2,1-6H3,(H,28,31)/b20-18+/t23-,24+/m0/s1. The predicted octanol–water partition coefficient (Wildman–Crippen LogP) is 7.00. The quantitative estimate of drug-likeness (QED) is 0.143. The Morgan fingerprint density at radius 1 is 0.879 bits per heavy atom. The molecule has 0 aromatic carbocycles. The summed E-state index contributed by atoms with van der Waals surface area (Å²) in [4.78, 5) is 11.8. The van der Waals surface area contributed by atoms with Gasteiger partial charge >= 0.3 is 6.09 Å². The molecule has 0 unspecified atom stereocenters. The summed E-state index contributed by atoms with van der Waals surface area (Å²) in [5.74, 6) is 1.29. The smallest absolute Gasteiger partial charge is 0.408 e. The Morgan fingerprint density at radius 2 is 1.36 bits per heavy atom. The van der Waals surface area contributed by atoms with Crippen molar-refractivity contribution in [2.45, 2.75) is 141 Å². The highest BCUT2D eigenvalue weighted by Crippen LogP contribution is 2.24. The largest absolute Gasteiger partial charge is 0.444 e. The van der Waals surface area contributed by atoms with Crippen LogP contribution < -0.4 is 5.32 Å². The van der Waals surface area contributed by atoms with E-state index in [1.165, 1.54) is 70.0 Å². The van der Waals surface area contributed by atoms with Crippen LogP contribution in [0.25, 0.3) is 0 Å². The average molecular weight is 488 g/mol. The zero-order chi connectivity index (χ0) is 25.2. The monoisotopic (exact) mass is 487 g/mol. The summed E-state index contributed by atoms with van der Waals surface area (Å²) in [7, 11) is 0. The minimum absolute atomic E-state index is 0.346. The van der Waals surface area contributed by atoms with Crippen LogP contribution in [0.3, 0.4) is 0 Å². The SMILES string of the molecule is CC(C)(C)OC(=O)N[C@@H](CO)[C@H](O)/C=C/CCCCCCCCCCCCCSC(C)(C)C. The van der Waals surface area contributed by atoms with Gasteiger partial charge in [0.2, 0.25) is 0 Å². The van der Waals surface area contributed by atoms with Gasteiger partial charge in [0, 0.05) is 4.75 Å². The molecule has 0 saturated heterocycles. The molecule has 2 atom stereocenters. The van der Waals surface area contributed by atoms with Crippen molar-refractivity contribution in [1.29, 1.82) is 0 Å². The maximum absolute atomic E-state index is 11.8. The van der Waals surface area contributed by atoms with E-state index in [1.54, 1.807) is 26.8 Å². The highest BCUT2D eigenvalue weighted by molar-refractivity contribution is 8.00. The van der Waals surface area contributed by atoms with Crippen molar-refractivity contribution in [1.82, 2.24) is 5.32 Å². The molecule has 1 amide bonds. The van der Waals surface area contributed by atoms with Crippen molar-refractivity contribution in [3.63, 3.8) is 0 Å². The summed E-state index contributed by atoms with van der Waals surface area (Å²) in [5.41, 5.74) is -0.615. The molecule has 0 aromatic rings. The molecule has 33 heavy (non-hydrogen) atoms. The zero-order valence-electron chi connectivity index (χ0n) is 22.3. The van der Waals surface area contributed by atoms with Gasteiger partial charge in [-0.15, -0.1) is 0 Å². The Morgan fingerprint density at radius 3 is 1.82 bits per heavy atom. The molecule has 0 aromatic heterocycles. The van der Waals surface area contributed by atoms with Crippen molar-refractivity contribution < 1.29 is 19.7 Å². The van der Waals surface area contributed by atoms with Crippen LogP contribution in [0.15, 0.2) is 12.2 Å². The zero-order valence-corrected chi connectivity index (χ0v) is 23.1. The summed E-state index contributed by atoms with van der Waals surface area (Å²) in [6.45, 7) is 11.8. The number of alkyl carbamates (subject to hydrolysis) is 1. The average Bonchev–Trinajstić information content (AvgIpc) is 2.69. The number of amides is 1. The Labute approximate surface area is 208 Å². The molecule has 3 N–H and O–H groups in total. The fourth-order valence-electron chi connectivity index (χ4n) is 3.40. The Bertz CT molecular complexity index is 511. The number of aliphatic hydroxyl groups is 2. The number of nitrogens with one attached hydrogen (secondary N) is 1. The van der Waals surface area contributed by atoms with E-state index in [0.29, 0.717) is 4.75 Å². The number of hydrogen-bond donors (Lipinski definition) is 3. The first kappa shape index (κ1) is 32.3. The first-order chi connectivity index (χ1) is 15.4. The van der Waals surface area contributed by atoms with Gasteiger partial charge in [-0.25, -0.2) is 4.79 Å². The van der Waals surface area contributed by atoms with Crippen LogP contribution in [0.2, 0.25) is 0 Å². The Balaban J connectivity index is 3.61. The van der Waals surface area contributed by atoms with Gasteiger partial charge in [-0.1, -0.05) is 90.7 Å². The lowest BCUT2D eigenvalue weighted by molar-refractivity contribution is 0.0405. The normalized spacial score (nSPS) is 14.4. The lowest BCUT2D eigenvalue weighted by Crippen LogP contribution is -2.47. The van der Waals surface area contributed by atoms with Gasteiger partial charge < -0.3 is 20.3 Å². The van der Waals surface area contributed by atoms with E-state index in [0.717, 1.165) is 12.8 Å². The van der Waals surface area contributed by atoms with Crippen LogP contribution >= 0.6 is 11.8 Å². The fraction of sp³-hybridized carbons (Fsp3) is 0.889. The Hall–Kier alpha value is -0.720. The second-order valence-corrected chi connectivity index (χ2v) is 12.9. The number of carbonyl (C=O) groups is 1. The number of unbranched alkanes of at least 4 members (excludes halogenated alkanes) is 11. The molecule has 0 fully saturated rings. The van der Waals surface area contributed by atoms with Gasteiger partial charge in [0.05, 0.1) is 18.8 Å². The number of rotatable bonds is 18. The highest BCUT2D eigenvalue weighted by atomic mass is 32.2. The van der Waals surface area contributed by atoms with Crippen LogP contribution in [0, 0.1) is 0 Å². The Kier molecular flexibility index (Phi) is 18.2. The molecule has 0 spiro atoms. The van der Waals surface area contributed by atoms with Crippen LogP contribution in [-0.4, -0.2) is 51.2 Å². The number of allylic oxidation sites excluding steroid dienone is 1. The van der Waals surface area contributed by atoms with E-state index in [-0.39, 0.29) is 6.61 Å². The third kappa shape index (κ3) is 22.8. The van der Waals surface area contributed by atoms with Gasteiger partial charge in [-0.2, -0.15) is 11.8 Å². The van der Waals surface area contributed by atoms with Gasteiger partial charge in [0.15, 0.2) is 0 Å². The molecule has 0 rings (SSSR count). The molecule has 0 aliphatic heterocycles. The van der Waals surface area contributed by atoms with Crippen molar-refractivity contribution >= 4 is 17.9 Å². The summed E-state index contributed by atoms with van der Waals surface area (Å²) < 4.78 is 5.57. The molecule has 0 bridgehead atoms. The van der Waals surface area contributed by atoms with Crippen LogP contribution in [-0.2, 0) is 4.74 Å². The highest BCUT2D eigenvalue weighted by Gasteiger charge is 2.22.